The van der Waals surface area contributed by atoms with E-state index in [2.05, 4.69) is 146 Å². The highest BCUT2D eigenvalue weighted by Gasteiger charge is 2.54. The number of benzene rings is 5. The summed E-state index contributed by atoms with van der Waals surface area (Å²) in [6, 6.07) is 43.4. The molecule has 2 aliphatic rings. The zero-order chi connectivity index (χ0) is 28.1. The van der Waals surface area contributed by atoms with E-state index < -0.39 is 5.41 Å². The van der Waals surface area contributed by atoms with Crippen LogP contribution in [0.4, 0.5) is 11.4 Å². The quantitative estimate of drug-likeness (QED) is 0.228. The molecule has 0 saturated heterocycles. The third kappa shape index (κ3) is 3.78. The number of hydrogen-bond acceptors (Lipinski definition) is 2. The van der Waals surface area contributed by atoms with Gasteiger partial charge in [0.2, 0.25) is 0 Å². The second-order valence-corrected chi connectivity index (χ2v) is 11.6. The Labute approximate surface area is 243 Å². The molecule has 202 valence electrons. The topological polar surface area (TPSA) is 24.1 Å². The lowest BCUT2D eigenvalue weighted by Crippen LogP contribution is -2.41. The van der Waals surface area contributed by atoms with Crippen molar-refractivity contribution in [1.82, 2.24) is 0 Å². The summed E-state index contributed by atoms with van der Waals surface area (Å²) in [7, 11) is 4.03. The van der Waals surface area contributed by atoms with Gasteiger partial charge in [-0.25, -0.2) is 0 Å². The second kappa shape index (κ2) is 9.82. The number of fused-ring (bicyclic) bond motifs is 4. The average Bonchev–Trinajstić information content (AvgIpc) is 3.52. The van der Waals surface area contributed by atoms with Crippen molar-refractivity contribution in [1.29, 1.82) is 0 Å². The summed E-state index contributed by atoms with van der Waals surface area (Å²) < 4.78 is 0. The molecule has 0 fully saturated rings. The van der Waals surface area contributed by atoms with E-state index in [0.717, 1.165) is 11.4 Å². The molecule has 5 aromatic carbocycles. The van der Waals surface area contributed by atoms with Gasteiger partial charge in [0.15, 0.2) is 0 Å². The van der Waals surface area contributed by atoms with Gasteiger partial charge in [-0.1, -0.05) is 108 Å². The first kappa shape index (κ1) is 25.4. The fourth-order valence-electron chi connectivity index (χ4n) is 7.74. The number of rotatable bonds is 6. The van der Waals surface area contributed by atoms with Crippen LogP contribution in [-0.4, -0.2) is 14.1 Å². The highest BCUT2D eigenvalue weighted by atomic mass is 14.8. The first-order valence-corrected chi connectivity index (χ1v) is 14.6. The summed E-state index contributed by atoms with van der Waals surface area (Å²) in [5.41, 5.74) is 15.4. The van der Waals surface area contributed by atoms with Gasteiger partial charge in [-0.3, -0.25) is 0 Å². The Balaban J connectivity index is 1.66. The largest absolute Gasteiger partial charge is 0.388 e. The zero-order valence-corrected chi connectivity index (χ0v) is 24.2. The van der Waals surface area contributed by atoms with Crippen LogP contribution in [0.3, 0.4) is 0 Å². The molecule has 0 amide bonds. The molecule has 2 nitrogen and oxygen atoms in total. The smallest absolute Gasteiger partial charge is 0.0418 e. The predicted molar refractivity (Wildman–Crippen MR) is 174 cm³/mol. The lowest BCUT2D eigenvalue weighted by molar-refractivity contribution is 0.405. The predicted octanol–water partition coefficient (Wildman–Crippen LogP) is 9.38. The lowest BCUT2D eigenvalue weighted by atomic mass is 9.54. The highest BCUT2D eigenvalue weighted by molar-refractivity contribution is 5.85. The maximum Gasteiger partial charge on any atom is 0.0418 e. The van der Waals surface area contributed by atoms with E-state index in [9.17, 15) is 0 Å². The van der Waals surface area contributed by atoms with Crippen LogP contribution in [-0.2, 0) is 5.41 Å². The van der Waals surface area contributed by atoms with Crippen LogP contribution in [0.5, 0.6) is 0 Å². The van der Waals surface area contributed by atoms with Crippen molar-refractivity contribution in [3.63, 3.8) is 0 Å². The third-order valence-electron chi connectivity index (χ3n) is 9.40. The lowest BCUT2D eigenvalue weighted by Gasteiger charge is -2.47. The van der Waals surface area contributed by atoms with Crippen LogP contribution in [0, 0.1) is 6.92 Å². The van der Waals surface area contributed by atoms with Crippen molar-refractivity contribution < 1.29 is 0 Å². The van der Waals surface area contributed by atoms with Crippen LogP contribution >= 0.6 is 0 Å². The summed E-state index contributed by atoms with van der Waals surface area (Å²) in [5, 5.41) is 6.87. The molecule has 0 spiro atoms. The first-order valence-electron chi connectivity index (χ1n) is 14.6. The van der Waals surface area contributed by atoms with Gasteiger partial charge in [0, 0.05) is 42.7 Å². The Morgan fingerprint density at radius 2 is 1.07 bits per heavy atom. The summed E-state index contributed by atoms with van der Waals surface area (Å²) in [5.74, 6) is 0.237. The molecule has 5 aromatic rings. The van der Waals surface area contributed by atoms with Gasteiger partial charge in [0.1, 0.15) is 0 Å². The van der Waals surface area contributed by atoms with Gasteiger partial charge >= 0.3 is 0 Å². The standard InChI is InChI=1S/C39H36N2/c1-25-15-16-27-22-26(2)37(34(27)21-25)39(28-11-7-5-8-12-28,29-13-9-6-10-14-29)38-35-23-30(40-3)17-19-32(35)33-20-18-31(41-4)24-36(33)38/h5-24,37-38,40-41H,1-4H3. The normalized spacial score (nSPS) is 15.6. The molecule has 41 heavy (non-hydrogen) atoms. The Kier molecular flexibility index (Phi) is 6.08. The Morgan fingerprint density at radius 1 is 0.537 bits per heavy atom. The SMILES string of the molecule is CNc1ccc2c(c1)C(C(c1ccccc1)(c1ccccc1)C1C(C)=Cc3ccc(C)cc31)c1cc(NC)ccc1-2. The van der Waals surface area contributed by atoms with Crippen LogP contribution in [0.15, 0.2) is 121 Å². The van der Waals surface area contributed by atoms with Gasteiger partial charge in [-0.2, -0.15) is 0 Å². The van der Waals surface area contributed by atoms with E-state index in [0.29, 0.717) is 0 Å². The molecule has 0 aromatic heterocycles. The average molecular weight is 533 g/mol. The van der Waals surface area contributed by atoms with Crippen LogP contribution in [0.1, 0.15) is 57.7 Å². The number of allylic oxidation sites excluding steroid dienone is 1. The molecule has 2 aliphatic carbocycles. The summed E-state index contributed by atoms with van der Waals surface area (Å²) >= 11 is 0. The molecule has 0 bridgehead atoms. The van der Waals surface area contributed by atoms with E-state index in [4.69, 9.17) is 0 Å². The van der Waals surface area contributed by atoms with Gasteiger partial charge in [0.25, 0.3) is 0 Å². The van der Waals surface area contributed by atoms with Gasteiger partial charge in [-0.05, 0) is 82.6 Å². The molecule has 2 heteroatoms. The molecular formula is C39H36N2. The molecule has 1 atom stereocenters. The van der Waals surface area contributed by atoms with Crippen molar-refractivity contribution >= 4 is 17.5 Å². The van der Waals surface area contributed by atoms with E-state index >= 15 is 0 Å². The zero-order valence-electron chi connectivity index (χ0n) is 24.2. The first-order chi connectivity index (χ1) is 20.1. The molecule has 0 radical (unpaired) electrons. The van der Waals surface area contributed by atoms with E-state index in [1.54, 1.807) is 0 Å². The van der Waals surface area contributed by atoms with Gasteiger partial charge in [0.05, 0.1) is 0 Å². The van der Waals surface area contributed by atoms with Crippen molar-refractivity contribution in [3.05, 3.63) is 160 Å². The molecule has 0 aliphatic heterocycles. The highest BCUT2D eigenvalue weighted by Crippen LogP contribution is 2.64. The Hall–Kier alpha value is -4.56. The molecule has 7 rings (SSSR count). The van der Waals surface area contributed by atoms with E-state index in [1.165, 1.54) is 55.6 Å². The van der Waals surface area contributed by atoms with Crippen molar-refractivity contribution in [2.24, 2.45) is 0 Å². The summed E-state index contributed by atoms with van der Waals surface area (Å²) in [6.45, 7) is 4.56. The third-order valence-corrected chi connectivity index (χ3v) is 9.40. The number of hydrogen-bond donors (Lipinski definition) is 2. The van der Waals surface area contributed by atoms with Crippen LogP contribution < -0.4 is 10.6 Å². The summed E-state index contributed by atoms with van der Waals surface area (Å²) in [4.78, 5) is 0. The molecule has 2 N–H and O–H groups in total. The minimum Gasteiger partial charge on any atom is -0.388 e. The minimum absolute atomic E-state index is 0.0821. The maximum absolute atomic E-state index is 3.44. The van der Waals surface area contributed by atoms with Crippen molar-refractivity contribution in [3.8, 4) is 11.1 Å². The molecule has 0 heterocycles. The fourth-order valence-corrected chi connectivity index (χ4v) is 7.74. The fraction of sp³-hybridized carbons (Fsp3) is 0.179. The second-order valence-electron chi connectivity index (χ2n) is 11.6. The van der Waals surface area contributed by atoms with Crippen molar-refractivity contribution in [2.75, 3.05) is 24.7 Å². The van der Waals surface area contributed by atoms with Gasteiger partial charge in [-0.15, -0.1) is 0 Å². The maximum atomic E-state index is 3.44. The molecule has 0 saturated carbocycles. The monoisotopic (exact) mass is 532 g/mol. The van der Waals surface area contributed by atoms with Crippen molar-refractivity contribution in [2.45, 2.75) is 31.1 Å². The Morgan fingerprint density at radius 3 is 1.59 bits per heavy atom. The summed E-state index contributed by atoms with van der Waals surface area (Å²) in [6.07, 6.45) is 2.42. The van der Waals surface area contributed by atoms with Crippen LogP contribution in [0.25, 0.3) is 17.2 Å². The molecule has 1 unspecified atom stereocenters. The van der Waals surface area contributed by atoms with E-state index in [-0.39, 0.29) is 11.8 Å². The molecular weight excluding hydrogens is 496 g/mol. The minimum atomic E-state index is -0.402. The number of nitrogens with one attached hydrogen (secondary N) is 2. The number of anilines is 2. The number of aryl methyl sites for hydroxylation is 1. The van der Waals surface area contributed by atoms with Gasteiger partial charge < -0.3 is 10.6 Å². The Bertz CT molecular complexity index is 1690. The van der Waals surface area contributed by atoms with Crippen LogP contribution in [0.2, 0.25) is 0 Å². The van der Waals surface area contributed by atoms with E-state index in [1.807, 2.05) is 14.1 Å².